The van der Waals surface area contributed by atoms with Crippen molar-refractivity contribution in [1.29, 1.82) is 0 Å². The van der Waals surface area contributed by atoms with E-state index >= 15 is 0 Å². The van der Waals surface area contributed by atoms with Crippen molar-refractivity contribution < 1.29 is 9.78 Å². The molecule has 0 spiro atoms. The molecule has 0 saturated carbocycles. The first-order valence-corrected chi connectivity index (χ1v) is 3.98. The number of aromatic nitrogens is 1. The van der Waals surface area contributed by atoms with E-state index < -0.39 is 5.91 Å². The number of pyridine rings is 1. The predicted molar refractivity (Wildman–Crippen MR) is 49.0 cm³/mol. The summed E-state index contributed by atoms with van der Waals surface area (Å²) in [5, 5.41) is 0.859. The van der Waals surface area contributed by atoms with Crippen LogP contribution in [0.25, 0.3) is 10.9 Å². The molecule has 1 aromatic carbocycles. The third-order valence-electron chi connectivity index (χ3n) is 1.97. The molecule has 13 heavy (non-hydrogen) atoms. The molecular formula is C10H9N2O+. The maximum atomic E-state index is 11.0. The highest BCUT2D eigenvalue weighted by Crippen LogP contribution is 2.13. The number of nitrogens with one attached hydrogen (secondary N) is 1. The number of rotatable bonds is 1. The van der Waals surface area contributed by atoms with E-state index in [0.717, 1.165) is 10.9 Å². The minimum Gasteiger partial charge on any atom is -0.366 e. The molecule has 1 aromatic heterocycles. The van der Waals surface area contributed by atoms with E-state index in [4.69, 9.17) is 5.73 Å². The lowest BCUT2D eigenvalue weighted by Gasteiger charge is -1.96. The molecule has 2 rings (SSSR count). The van der Waals surface area contributed by atoms with Crippen LogP contribution in [0.4, 0.5) is 0 Å². The van der Waals surface area contributed by atoms with Gasteiger partial charge in [-0.1, -0.05) is 6.07 Å². The lowest BCUT2D eigenvalue weighted by atomic mass is 10.1. The van der Waals surface area contributed by atoms with Crippen molar-refractivity contribution in [1.82, 2.24) is 0 Å². The van der Waals surface area contributed by atoms with Gasteiger partial charge in [-0.15, -0.1) is 0 Å². The Morgan fingerprint density at radius 3 is 2.85 bits per heavy atom. The molecule has 0 atom stereocenters. The van der Waals surface area contributed by atoms with Gasteiger partial charge in [0.2, 0.25) is 11.4 Å². The Morgan fingerprint density at radius 1 is 1.23 bits per heavy atom. The van der Waals surface area contributed by atoms with Gasteiger partial charge in [-0.25, -0.2) is 4.98 Å². The SMILES string of the molecule is NC(=O)c1cccc2[nH+]cccc12. The lowest BCUT2D eigenvalue weighted by Crippen LogP contribution is -2.13. The topological polar surface area (TPSA) is 57.2 Å². The first-order valence-electron chi connectivity index (χ1n) is 3.98. The molecule has 0 saturated heterocycles. The van der Waals surface area contributed by atoms with Gasteiger partial charge in [0.25, 0.3) is 0 Å². The summed E-state index contributed by atoms with van der Waals surface area (Å²) >= 11 is 0. The van der Waals surface area contributed by atoms with Gasteiger partial charge in [0, 0.05) is 12.1 Å². The number of primary amides is 1. The van der Waals surface area contributed by atoms with E-state index in [0.29, 0.717) is 5.56 Å². The number of hydrogen-bond donors (Lipinski definition) is 1. The number of benzene rings is 1. The zero-order chi connectivity index (χ0) is 9.26. The zero-order valence-electron chi connectivity index (χ0n) is 6.95. The standard InChI is InChI=1S/C10H8N2O/c11-10(13)8-3-1-5-9-7(8)4-2-6-12-9/h1-6H,(H2,11,13)/p+1. The van der Waals surface area contributed by atoms with Crippen LogP contribution < -0.4 is 10.7 Å². The second-order valence-corrected chi connectivity index (χ2v) is 2.80. The van der Waals surface area contributed by atoms with Gasteiger partial charge in [-0.2, -0.15) is 0 Å². The summed E-state index contributed by atoms with van der Waals surface area (Å²) in [6.07, 6.45) is 1.81. The van der Waals surface area contributed by atoms with Crippen molar-refractivity contribution in [2.24, 2.45) is 5.73 Å². The van der Waals surface area contributed by atoms with Crippen LogP contribution in [0.15, 0.2) is 36.5 Å². The number of H-pyrrole nitrogens is 1. The summed E-state index contributed by atoms with van der Waals surface area (Å²) in [6.45, 7) is 0. The molecule has 64 valence electrons. The van der Waals surface area contributed by atoms with Gasteiger partial charge in [0.15, 0.2) is 6.20 Å². The second-order valence-electron chi connectivity index (χ2n) is 2.80. The average molecular weight is 173 g/mol. The summed E-state index contributed by atoms with van der Waals surface area (Å²) < 4.78 is 0. The normalized spacial score (nSPS) is 10.2. The van der Waals surface area contributed by atoms with E-state index in [9.17, 15) is 4.79 Å². The van der Waals surface area contributed by atoms with E-state index in [1.54, 1.807) is 12.1 Å². The number of carbonyl (C=O) groups excluding carboxylic acids is 1. The highest BCUT2D eigenvalue weighted by molar-refractivity contribution is 6.04. The minimum atomic E-state index is -0.398. The molecule has 3 N–H and O–H groups in total. The van der Waals surface area contributed by atoms with Crippen molar-refractivity contribution >= 4 is 16.8 Å². The van der Waals surface area contributed by atoms with Crippen LogP contribution in [0.5, 0.6) is 0 Å². The van der Waals surface area contributed by atoms with Gasteiger partial charge in [0.05, 0.1) is 10.9 Å². The summed E-state index contributed by atoms with van der Waals surface area (Å²) in [4.78, 5) is 14.1. The van der Waals surface area contributed by atoms with Crippen LogP contribution in [-0.2, 0) is 0 Å². The van der Waals surface area contributed by atoms with Gasteiger partial charge in [-0.3, -0.25) is 4.79 Å². The van der Waals surface area contributed by atoms with Crippen LogP contribution >= 0.6 is 0 Å². The van der Waals surface area contributed by atoms with E-state index in [2.05, 4.69) is 4.98 Å². The van der Waals surface area contributed by atoms with Crippen LogP contribution in [0.1, 0.15) is 10.4 Å². The van der Waals surface area contributed by atoms with Crippen molar-refractivity contribution in [2.75, 3.05) is 0 Å². The van der Waals surface area contributed by atoms with Crippen LogP contribution in [-0.4, -0.2) is 5.91 Å². The first-order chi connectivity index (χ1) is 6.29. The zero-order valence-corrected chi connectivity index (χ0v) is 6.95. The highest BCUT2D eigenvalue weighted by Gasteiger charge is 2.07. The summed E-state index contributed by atoms with van der Waals surface area (Å²) in [6, 6.07) is 9.14. The minimum absolute atomic E-state index is 0.398. The van der Waals surface area contributed by atoms with E-state index in [-0.39, 0.29) is 0 Å². The smallest absolute Gasteiger partial charge is 0.249 e. The molecule has 3 nitrogen and oxygen atoms in total. The Bertz CT molecular complexity index is 460. The fourth-order valence-corrected chi connectivity index (χ4v) is 1.37. The molecule has 0 radical (unpaired) electrons. The van der Waals surface area contributed by atoms with Crippen LogP contribution in [0.3, 0.4) is 0 Å². The van der Waals surface area contributed by atoms with Crippen LogP contribution in [0.2, 0.25) is 0 Å². The van der Waals surface area contributed by atoms with Crippen molar-refractivity contribution in [3.8, 4) is 0 Å². The van der Waals surface area contributed by atoms with Crippen molar-refractivity contribution in [3.05, 3.63) is 42.1 Å². The summed E-state index contributed by atoms with van der Waals surface area (Å²) in [5.74, 6) is -0.398. The fourth-order valence-electron chi connectivity index (χ4n) is 1.37. The predicted octanol–water partition coefficient (Wildman–Crippen LogP) is 0.753. The lowest BCUT2D eigenvalue weighted by molar-refractivity contribution is -0.344. The molecule has 3 heteroatoms. The van der Waals surface area contributed by atoms with Gasteiger partial charge >= 0.3 is 0 Å². The third-order valence-corrected chi connectivity index (χ3v) is 1.97. The van der Waals surface area contributed by atoms with E-state index in [1.165, 1.54) is 0 Å². The Morgan fingerprint density at radius 2 is 2.08 bits per heavy atom. The molecule has 2 aromatic rings. The van der Waals surface area contributed by atoms with Crippen LogP contribution in [0, 0.1) is 0 Å². The molecule has 1 heterocycles. The quantitative estimate of drug-likeness (QED) is 0.679. The largest absolute Gasteiger partial charge is 0.366 e. The Hall–Kier alpha value is -1.90. The number of carbonyl (C=O) groups is 1. The van der Waals surface area contributed by atoms with E-state index in [1.807, 2.05) is 24.4 Å². The molecule has 0 bridgehead atoms. The monoisotopic (exact) mass is 173 g/mol. The number of amides is 1. The number of nitrogens with two attached hydrogens (primary N) is 1. The molecule has 0 unspecified atom stereocenters. The van der Waals surface area contributed by atoms with Gasteiger partial charge in [-0.05, 0) is 12.1 Å². The third kappa shape index (κ3) is 1.24. The number of aromatic amines is 1. The molecular weight excluding hydrogens is 164 g/mol. The molecule has 0 aliphatic heterocycles. The maximum Gasteiger partial charge on any atom is 0.249 e. The molecule has 0 aliphatic carbocycles. The maximum absolute atomic E-state index is 11.0. The number of hydrogen-bond acceptors (Lipinski definition) is 1. The summed E-state index contributed by atoms with van der Waals surface area (Å²) in [5.41, 5.74) is 6.69. The average Bonchev–Trinajstić information content (AvgIpc) is 2.17. The van der Waals surface area contributed by atoms with Gasteiger partial charge in [0.1, 0.15) is 0 Å². The Balaban J connectivity index is 2.83. The first kappa shape index (κ1) is 7.73. The number of fused-ring (bicyclic) bond motifs is 1. The molecule has 1 amide bonds. The van der Waals surface area contributed by atoms with Crippen molar-refractivity contribution in [3.63, 3.8) is 0 Å². The highest BCUT2D eigenvalue weighted by atomic mass is 16.1. The van der Waals surface area contributed by atoms with Gasteiger partial charge < -0.3 is 5.73 Å². The Labute approximate surface area is 75.2 Å². The molecule has 0 aliphatic rings. The summed E-state index contributed by atoms with van der Waals surface area (Å²) in [7, 11) is 0. The fraction of sp³-hybridized carbons (Fsp3) is 0. The molecule has 0 fully saturated rings. The second kappa shape index (κ2) is 2.86. The van der Waals surface area contributed by atoms with Crippen molar-refractivity contribution in [2.45, 2.75) is 0 Å². The Kier molecular flexibility index (Phi) is 1.70.